The van der Waals surface area contributed by atoms with E-state index in [1.54, 1.807) is 54.6 Å². The molecule has 0 bridgehead atoms. The summed E-state index contributed by atoms with van der Waals surface area (Å²) in [4.78, 5) is 36.4. The number of nitrogens with zero attached hydrogens (tertiary/aromatic N) is 1. The second kappa shape index (κ2) is 10.7. The van der Waals surface area contributed by atoms with Gasteiger partial charge in [0.1, 0.15) is 5.75 Å². The van der Waals surface area contributed by atoms with Gasteiger partial charge < -0.3 is 10.1 Å². The summed E-state index contributed by atoms with van der Waals surface area (Å²) in [6.07, 6.45) is 1.27. The molecule has 2 amide bonds. The van der Waals surface area contributed by atoms with Gasteiger partial charge in [-0.15, -0.1) is 0 Å². The van der Waals surface area contributed by atoms with E-state index in [0.29, 0.717) is 26.3 Å². The van der Waals surface area contributed by atoms with Crippen molar-refractivity contribution in [2.24, 2.45) is 5.10 Å². The first-order chi connectivity index (χ1) is 15.3. The highest BCUT2D eigenvalue weighted by Gasteiger charge is 2.14. The number of benzene rings is 3. The minimum Gasteiger partial charge on any atom is -0.422 e. The molecule has 0 saturated carbocycles. The maximum Gasteiger partial charge on any atom is 0.343 e. The van der Waals surface area contributed by atoms with Crippen molar-refractivity contribution in [1.82, 2.24) is 5.43 Å². The van der Waals surface area contributed by atoms with Crippen molar-refractivity contribution >= 4 is 57.2 Å². The van der Waals surface area contributed by atoms with Gasteiger partial charge in [-0.05, 0) is 61.5 Å². The Labute approximate surface area is 197 Å². The number of hydrazone groups is 1. The van der Waals surface area contributed by atoms with Crippen molar-refractivity contribution in [3.63, 3.8) is 0 Å². The van der Waals surface area contributed by atoms with Crippen molar-refractivity contribution in [2.45, 2.75) is 6.92 Å². The summed E-state index contributed by atoms with van der Waals surface area (Å²) in [5.41, 5.74) is 4.39. The number of halogens is 2. The molecule has 0 saturated heterocycles. The lowest BCUT2D eigenvalue weighted by Gasteiger charge is -2.08. The summed E-state index contributed by atoms with van der Waals surface area (Å²) in [5, 5.41) is 6.77. The van der Waals surface area contributed by atoms with Crippen molar-refractivity contribution in [3.05, 3.63) is 92.9 Å². The average Bonchev–Trinajstić information content (AvgIpc) is 2.77. The first-order valence-electron chi connectivity index (χ1n) is 9.30. The fourth-order valence-corrected chi connectivity index (χ4v) is 3.00. The van der Waals surface area contributed by atoms with Crippen LogP contribution in [0.25, 0.3) is 0 Å². The number of ether oxygens (including phenoxy) is 1. The van der Waals surface area contributed by atoms with Crippen LogP contribution in [0, 0.1) is 6.92 Å². The van der Waals surface area contributed by atoms with E-state index in [2.05, 4.69) is 31.8 Å². The lowest BCUT2D eigenvalue weighted by Crippen LogP contribution is -2.32. The summed E-state index contributed by atoms with van der Waals surface area (Å²) in [6.45, 7) is 1.91. The molecule has 32 heavy (non-hydrogen) atoms. The summed E-state index contributed by atoms with van der Waals surface area (Å²) in [5.74, 6) is -2.18. The van der Waals surface area contributed by atoms with Gasteiger partial charge in [0.05, 0.1) is 11.8 Å². The lowest BCUT2D eigenvalue weighted by atomic mass is 10.2. The van der Waals surface area contributed by atoms with E-state index in [1.807, 2.05) is 19.1 Å². The van der Waals surface area contributed by atoms with E-state index in [0.717, 1.165) is 5.56 Å². The number of amides is 2. The topological polar surface area (TPSA) is 96.9 Å². The number of rotatable bonds is 5. The molecular weight excluding hydrogens is 498 g/mol. The minimum absolute atomic E-state index is 0.218. The van der Waals surface area contributed by atoms with Crippen LogP contribution in [0.5, 0.6) is 5.75 Å². The Hall–Kier alpha value is -3.49. The highest BCUT2D eigenvalue weighted by atomic mass is 79.9. The van der Waals surface area contributed by atoms with Gasteiger partial charge in [0.25, 0.3) is 0 Å². The second-order valence-corrected chi connectivity index (χ2v) is 7.95. The molecule has 0 spiro atoms. The van der Waals surface area contributed by atoms with Crippen LogP contribution in [0.15, 0.2) is 76.3 Å². The number of esters is 1. The summed E-state index contributed by atoms with van der Waals surface area (Å²) >= 11 is 9.17. The monoisotopic (exact) mass is 513 g/mol. The Morgan fingerprint density at radius 2 is 1.66 bits per heavy atom. The van der Waals surface area contributed by atoms with Crippen LogP contribution in [-0.2, 0) is 9.59 Å². The Morgan fingerprint density at radius 3 is 2.34 bits per heavy atom. The van der Waals surface area contributed by atoms with Crippen molar-refractivity contribution in [2.75, 3.05) is 5.32 Å². The summed E-state index contributed by atoms with van der Waals surface area (Å²) in [6, 6.07) is 18.2. The van der Waals surface area contributed by atoms with Crippen molar-refractivity contribution in [1.29, 1.82) is 0 Å². The third kappa shape index (κ3) is 6.50. The molecule has 0 unspecified atom stereocenters. The largest absolute Gasteiger partial charge is 0.422 e. The van der Waals surface area contributed by atoms with E-state index < -0.39 is 17.8 Å². The zero-order valence-corrected chi connectivity index (χ0v) is 19.1. The van der Waals surface area contributed by atoms with Gasteiger partial charge in [-0.1, -0.05) is 45.2 Å². The molecule has 0 aliphatic rings. The maximum absolute atomic E-state index is 12.4. The van der Waals surface area contributed by atoms with Gasteiger partial charge in [-0.2, -0.15) is 5.10 Å². The molecule has 9 heteroatoms. The molecule has 0 aliphatic heterocycles. The molecule has 3 aromatic carbocycles. The van der Waals surface area contributed by atoms with E-state index in [1.165, 1.54) is 6.21 Å². The molecule has 0 aliphatic carbocycles. The highest BCUT2D eigenvalue weighted by molar-refractivity contribution is 9.10. The third-order valence-corrected chi connectivity index (χ3v) is 4.89. The summed E-state index contributed by atoms with van der Waals surface area (Å²) in [7, 11) is 0. The molecule has 0 aromatic heterocycles. The predicted molar refractivity (Wildman–Crippen MR) is 126 cm³/mol. The highest BCUT2D eigenvalue weighted by Crippen LogP contribution is 2.23. The summed E-state index contributed by atoms with van der Waals surface area (Å²) < 4.78 is 6.14. The Kier molecular flexibility index (Phi) is 7.75. The Morgan fingerprint density at radius 1 is 0.969 bits per heavy atom. The van der Waals surface area contributed by atoms with E-state index in [-0.39, 0.29) is 5.75 Å². The molecule has 0 fully saturated rings. The molecule has 7 nitrogen and oxygen atoms in total. The quantitative estimate of drug-likeness (QED) is 0.169. The first-order valence-corrected chi connectivity index (χ1v) is 10.5. The first kappa shape index (κ1) is 23.2. The van der Waals surface area contributed by atoms with E-state index in [4.69, 9.17) is 16.3 Å². The Bertz CT molecular complexity index is 1180. The third-order valence-electron chi connectivity index (χ3n) is 4.14. The fourth-order valence-electron chi connectivity index (χ4n) is 2.49. The van der Waals surface area contributed by atoms with Crippen LogP contribution in [0.3, 0.4) is 0 Å². The zero-order valence-electron chi connectivity index (χ0n) is 16.8. The van der Waals surface area contributed by atoms with Crippen LogP contribution in [0.1, 0.15) is 21.5 Å². The number of carbonyl (C=O) groups excluding carboxylic acids is 3. The van der Waals surface area contributed by atoms with Gasteiger partial charge in [0.15, 0.2) is 0 Å². The van der Waals surface area contributed by atoms with Crippen LogP contribution < -0.4 is 15.5 Å². The second-order valence-electron chi connectivity index (χ2n) is 6.60. The van der Waals surface area contributed by atoms with E-state index in [9.17, 15) is 14.4 Å². The molecule has 162 valence electrons. The van der Waals surface area contributed by atoms with Crippen molar-refractivity contribution < 1.29 is 19.1 Å². The molecule has 0 atom stereocenters. The molecule has 0 radical (unpaired) electrons. The number of hydrogen-bond donors (Lipinski definition) is 2. The van der Waals surface area contributed by atoms with Gasteiger partial charge >= 0.3 is 17.8 Å². The standard InChI is InChI=1S/C23H17BrClN3O4/c1-14-2-9-19(10-3-14)27-21(29)22(30)28-26-13-16-12-17(24)6-11-20(16)32-23(31)15-4-7-18(25)8-5-15/h2-13H,1H3,(H,27,29)(H,28,30)/b26-13+. The normalized spacial score (nSPS) is 10.6. The van der Waals surface area contributed by atoms with Crippen LogP contribution >= 0.6 is 27.5 Å². The Balaban J connectivity index is 1.65. The van der Waals surface area contributed by atoms with Gasteiger partial charge in [-0.25, -0.2) is 10.2 Å². The van der Waals surface area contributed by atoms with Crippen LogP contribution in [0.2, 0.25) is 5.02 Å². The molecule has 0 heterocycles. The van der Waals surface area contributed by atoms with Crippen LogP contribution in [0.4, 0.5) is 5.69 Å². The van der Waals surface area contributed by atoms with Crippen LogP contribution in [-0.4, -0.2) is 24.0 Å². The number of aryl methyl sites for hydroxylation is 1. The van der Waals surface area contributed by atoms with Gasteiger partial charge in [-0.3, -0.25) is 9.59 Å². The number of anilines is 1. The van der Waals surface area contributed by atoms with Gasteiger partial charge in [0, 0.05) is 20.7 Å². The number of hydrogen-bond acceptors (Lipinski definition) is 5. The van der Waals surface area contributed by atoms with E-state index >= 15 is 0 Å². The van der Waals surface area contributed by atoms with Crippen molar-refractivity contribution in [3.8, 4) is 5.75 Å². The number of carbonyl (C=O) groups is 3. The fraction of sp³-hybridized carbons (Fsp3) is 0.0435. The lowest BCUT2D eigenvalue weighted by molar-refractivity contribution is -0.136. The molecular formula is C23H17BrClN3O4. The zero-order chi connectivity index (χ0) is 23.1. The predicted octanol–water partition coefficient (Wildman–Crippen LogP) is 4.72. The number of nitrogens with one attached hydrogen (secondary N) is 2. The minimum atomic E-state index is -0.948. The molecule has 2 N–H and O–H groups in total. The molecule has 3 rings (SSSR count). The molecule has 3 aromatic rings. The smallest absolute Gasteiger partial charge is 0.343 e. The maximum atomic E-state index is 12.4. The SMILES string of the molecule is Cc1ccc(NC(=O)C(=O)N/N=C/c2cc(Br)ccc2OC(=O)c2ccc(Cl)cc2)cc1. The van der Waals surface area contributed by atoms with Gasteiger partial charge in [0.2, 0.25) is 0 Å². The average molecular weight is 515 g/mol.